The van der Waals surface area contributed by atoms with Crippen molar-refractivity contribution in [1.82, 2.24) is 4.90 Å². The van der Waals surface area contributed by atoms with Crippen LogP contribution in [0.4, 0.5) is 0 Å². The Morgan fingerprint density at radius 1 is 1.80 bits per heavy atom. The van der Waals surface area contributed by atoms with Gasteiger partial charge >= 0.3 is 0 Å². The quantitative estimate of drug-likeness (QED) is 0.570. The Kier molecular flexibility index (Phi) is 2.44. The third kappa shape index (κ3) is 1.37. The maximum atomic E-state index is 3.74. The first-order chi connectivity index (χ1) is 4.75. The van der Waals surface area contributed by atoms with E-state index >= 15 is 0 Å². The number of rotatable bonds is 1. The molecule has 1 rings (SSSR count). The lowest BCUT2D eigenvalue weighted by atomic mass is 10.3. The molecule has 0 spiro atoms. The summed E-state index contributed by atoms with van der Waals surface area (Å²) in [5.41, 5.74) is 1.30. The van der Waals surface area contributed by atoms with Crippen LogP contribution in [0.2, 0.25) is 0 Å². The number of hydrogen-bond acceptors (Lipinski definition) is 2. The molecule has 0 radical (unpaired) electrons. The summed E-state index contributed by atoms with van der Waals surface area (Å²) in [7, 11) is 2.13. The third-order valence-corrected chi connectivity index (χ3v) is 2.95. The standard InChI is InChI=1S/C8H13NS/c1-4-7(2)8-9(3)5-6-10-8/h4H,1,5-6H2,2-3H3. The predicted molar refractivity (Wildman–Crippen MR) is 48.0 cm³/mol. The summed E-state index contributed by atoms with van der Waals surface area (Å²) in [6.45, 7) is 7.02. The zero-order chi connectivity index (χ0) is 7.56. The van der Waals surface area contributed by atoms with Crippen molar-refractivity contribution >= 4 is 11.8 Å². The SMILES string of the molecule is C=CC(C)=C1SCCN1C. The second-order valence-corrected chi connectivity index (χ2v) is 3.55. The number of hydrogen-bond donors (Lipinski definition) is 0. The summed E-state index contributed by atoms with van der Waals surface area (Å²) in [6, 6.07) is 0. The van der Waals surface area contributed by atoms with E-state index < -0.39 is 0 Å². The van der Waals surface area contributed by atoms with Crippen molar-refractivity contribution in [2.24, 2.45) is 0 Å². The number of allylic oxidation sites excluding steroid dienone is 2. The Bertz CT molecular complexity index is 172. The lowest BCUT2D eigenvalue weighted by molar-refractivity contribution is 0.490. The third-order valence-electron chi connectivity index (χ3n) is 1.66. The van der Waals surface area contributed by atoms with Crippen LogP contribution in [0, 0.1) is 0 Å². The van der Waals surface area contributed by atoms with Crippen LogP contribution in [-0.2, 0) is 0 Å². The van der Waals surface area contributed by atoms with Gasteiger partial charge in [-0.05, 0) is 12.5 Å². The Morgan fingerprint density at radius 2 is 2.50 bits per heavy atom. The molecule has 0 bridgehead atoms. The maximum Gasteiger partial charge on any atom is 0.0735 e. The zero-order valence-electron chi connectivity index (χ0n) is 6.55. The van der Waals surface area contributed by atoms with Crippen molar-refractivity contribution in [3.8, 4) is 0 Å². The zero-order valence-corrected chi connectivity index (χ0v) is 7.37. The van der Waals surface area contributed by atoms with E-state index in [2.05, 4.69) is 25.5 Å². The van der Waals surface area contributed by atoms with Gasteiger partial charge in [0.05, 0.1) is 5.03 Å². The molecule has 0 aromatic rings. The van der Waals surface area contributed by atoms with E-state index in [1.807, 2.05) is 17.8 Å². The molecule has 1 aliphatic rings. The van der Waals surface area contributed by atoms with Gasteiger partial charge in [0, 0.05) is 19.3 Å². The van der Waals surface area contributed by atoms with Crippen molar-refractivity contribution in [2.75, 3.05) is 19.3 Å². The highest BCUT2D eigenvalue weighted by Gasteiger charge is 2.14. The molecule has 0 aromatic heterocycles. The van der Waals surface area contributed by atoms with E-state index in [1.165, 1.54) is 22.9 Å². The molecule has 0 saturated carbocycles. The molecule has 1 heterocycles. The van der Waals surface area contributed by atoms with Gasteiger partial charge in [-0.2, -0.15) is 0 Å². The molecule has 1 fully saturated rings. The Balaban J connectivity index is 2.79. The average Bonchev–Trinajstić information content (AvgIpc) is 2.34. The summed E-state index contributed by atoms with van der Waals surface area (Å²) in [4.78, 5) is 2.28. The fraction of sp³-hybridized carbons (Fsp3) is 0.500. The van der Waals surface area contributed by atoms with Gasteiger partial charge in [-0.3, -0.25) is 0 Å². The second-order valence-electron chi connectivity index (χ2n) is 2.46. The molecule has 1 saturated heterocycles. The lowest BCUT2D eigenvalue weighted by Gasteiger charge is -2.12. The molecule has 1 aliphatic heterocycles. The highest BCUT2D eigenvalue weighted by Crippen LogP contribution is 2.28. The van der Waals surface area contributed by atoms with E-state index in [9.17, 15) is 0 Å². The first-order valence-corrected chi connectivity index (χ1v) is 4.41. The predicted octanol–water partition coefficient (Wildman–Crippen LogP) is 2.08. The van der Waals surface area contributed by atoms with Gasteiger partial charge < -0.3 is 4.90 Å². The van der Waals surface area contributed by atoms with Gasteiger partial charge in [0.15, 0.2) is 0 Å². The molecule has 0 unspecified atom stereocenters. The van der Waals surface area contributed by atoms with Gasteiger partial charge in [0.2, 0.25) is 0 Å². The molecule has 0 amide bonds. The molecule has 10 heavy (non-hydrogen) atoms. The van der Waals surface area contributed by atoms with E-state index in [0.29, 0.717) is 0 Å². The summed E-state index contributed by atoms with van der Waals surface area (Å²) in [5.74, 6) is 1.22. The van der Waals surface area contributed by atoms with Crippen molar-refractivity contribution in [3.63, 3.8) is 0 Å². The smallest absolute Gasteiger partial charge is 0.0735 e. The minimum atomic E-state index is 1.17. The molecule has 2 heteroatoms. The summed E-state index contributed by atoms with van der Waals surface area (Å²) >= 11 is 1.92. The number of nitrogens with zero attached hydrogens (tertiary/aromatic N) is 1. The van der Waals surface area contributed by atoms with Crippen LogP contribution in [0.3, 0.4) is 0 Å². The first-order valence-electron chi connectivity index (χ1n) is 3.43. The van der Waals surface area contributed by atoms with Gasteiger partial charge in [0.25, 0.3) is 0 Å². The minimum absolute atomic E-state index is 1.17. The molecule has 0 aromatic carbocycles. The fourth-order valence-corrected chi connectivity index (χ4v) is 2.17. The van der Waals surface area contributed by atoms with Gasteiger partial charge in [-0.15, -0.1) is 11.8 Å². The van der Waals surface area contributed by atoms with Gasteiger partial charge in [-0.1, -0.05) is 12.7 Å². The van der Waals surface area contributed by atoms with Crippen LogP contribution >= 0.6 is 11.8 Å². The van der Waals surface area contributed by atoms with Gasteiger partial charge in [-0.25, -0.2) is 0 Å². The minimum Gasteiger partial charge on any atom is -0.368 e. The summed E-state index contributed by atoms with van der Waals surface area (Å²) < 4.78 is 0. The van der Waals surface area contributed by atoms with Crippen LogP contribution in [0.15, 0.2) is 23.3 Å². The van der Waals surface area contributed by atoms with Crippen molar-refractivity contribution < 1.29 is 0 Å². The van der Waals surface area contributed by atoms with Crippen LogP contribution in [0.25, 0.3) is 0 Å². The summed E-state index contributed by atoms with van der Waals surface area (Å²) in [6.07, 6.45) is 1.92. The molecular weight excluding hydrogens is 142 g/mol. The van der Waals surface area contributed by atoms with Crippen molar-refractivity contribution in [2.45, 2.75) is 6.92 Å². The van der Waals surface area contributed by atoms with E-state index in [0.717, 1.165) is 0 Å². The Labute approximate surface area is 66.8 Å². The topological polar surface area (TPSA) is 3.24 Å². The van der Waals surface area contributed by atoms with E-state index in [1.54, 1.807) is 0 Å². The highest BCUT2D eigenvalue weighted by atomic mass is 32.2. The highest BCUT2D eigenvalue weighted by molar-refractivity contribution is 8.03. The van der Waals surface area contributed by atoms with Crippen molar-refractivity contribution in [3.05, 3.63) is 23.3 Å². The largest absolute Gasteiger partial charge is 0.368 e. The first kappa shape index (κ1) is 7.73. The normalized spacial score (nSPS) is 23.2. The average molecular weight is 155 g/mol. The van der Waals surface area contributed by atoms with Gasteiger partial charge in [0.1, 0.15) is 0 Å². The Hall–Kier alpha value is -0.370. The molecular formula is C8H13NS. The maximum absolute atomic E-state index is 3.74. The van der Waals surface area contributed by atoms with Crippen molar-refractivity contribution in [1.29, 1.82) is 0 Å². The van der Waals surface area contributed by atoms with E-state index in [-0.39, 0.29) is 0 Å². The molecule has 0 N–H and O–H groups in total. The van der Waals surface area contributed by atoms with E-state index in [4.69, 9.17) is 0 Å². The van der Waals surface area contributed by atoms with Crippen LogP contribution in [-0.4, -0.2) is 24.2 Å². The number of thioether (sulfide) groups is 1. The fourth-order valence-electron chi connectivity index (χ4n) is 0.993. The monoisotopic (exact) mass is 155 g/mol. The molecule has 1 nitrogen and oxygen atoms in total. The molecule has 56 valence electrons. The molecule has 0 aliphatic carbocycles. The lowest BCUT2D eigenvalue weighted by Crippen LogP contribution is -2.11. The second kappa shape index (κ2) is 3.15. The van der Waals surface area contributed by atoms with Crippen LogP contribution in [0.5, 0.6) is 0 Å². The van der Waals surface area contributed by atoms with Crippen LogP contribution < -0.4 is 0 Å². The molecule has 0 atom stereocenters. The summed E-state index contributed by atoms with van der Waals surface area (Å²) in [5, 5.41) is 1.38. The Morgan fingerprint density at radius 3 is 2.90 bits per heavy atom. The van der Waals surface area contributed by atoms with Crippen LogP contribution in [0.1, 0.15) is 6.92 Å².